The zero-order chi connectivity index (χ0) is 13.0. The Morgan fingerprint density at radius 3 is 3.06 bits per heavy atom. The molecule has 0 saturated carbocycles. The average molecular weight is 242 g/mol. The molecule has 1 amide bonds. The van der Waals surface area contributed by atoms with E-state index in [1.54, 1.807) is 0 Å². The molecule has 1 fully saturated rings. The first kappa shape index (κ1) is 12.6. The van der Waals surface area contributed by atoms with E-state index < -0.39 is 0 Å². The van der Waals surface area contributed by atoms with Crippen molar-refractivity contribution in [2.75, 3.05) is 6.54 Å². The number of rotatable bonds is 2. The van der Waals surface area contributed by atoms with Gasteiger partial charge in [0, 0.05) is 18.2 Å². The summed E-state index contributed by atoms with van der Waals surface area (Å²) in [6.07, 6.45) is 3.74. The predicted molar refractivity (Wildman–Crippen MR) is 70.1 cm³/mol. The van der Waals surface area contributed by atoms with E-state index in [4.69, 9.17) is 5.26 Å². The molecule has 1 saturated heterocycles. The lowest BCUT2D eigenvalue weighted by Gasteiger charge is -2.33. The molecule has 1 atom stereocenters. The molecule has 1 heterocycles. The van der Waals surface area contributed by atoms with Gasteiger partial charge in [-0.05, 0) is 43.9 Å². The topological polar surface area (TPSA) is 44.1 Å². The minimum Gasteiger partial charge on any atom is -0.336 e. The van der Waals surface area contributed by atoms with Crippen molar-refractivity contribution in [3.63, 3.8) is 0 Å². The zero-order valence-electron chi connectivity index (χ0n) is 10.7. The minimum absolute atomic E-state index is 0.0991. The quantitative estimate of drug-likeness (QED) is 0.800. The third-order valence-electron chi connectivity index (χ3n) is 3.52. The first-order chi connectivity index (χ1) is 8.72. The second-order valence-electron chi connectivity index (χ2n) is 4.88. The van der Waals surface area contributed by atoms with Crippen molar-refractivity contribution >= 4 is 5.91 Å². The molecule has 3 heteroatoms. The Hall–Kier alpha value is -1.82. The van der Waals surface area contributed by atoms with Gasteiger partial charge >= 0.3 is 0 Å². The first-order valence-electron chi connectivity index (χ1n) is 6.49. The van der Waals surface area contributed by atoms with Crippen LogP contribution in [0.4, 0.5) is 0 Å². The molecule has 1 aliphatic rings. The molecule has 0 bridgehead atoms. The van der Waals surface area contributed by atoms with E-state index in [2.05, 4.69) is 13.0 Å². The number of carbonyl (C=O) groups excluding carboxylic acids is 1. The summed E-state index contributed by atoms with van der Waals surface area (Å²) in [5, 5.41) is 8.69. The largest absolute Gasteiger partial charge is 0.336 e. The monoisotopic (exact) mass is 242 g/mol. The molecule has 0 spiro atoms. The lowest BCUT2D eigenvalue weighted by molar-refractivity contribution is 0.0635. The van der Waals surface area contributed by atoms with Gasteiger partial charge in [0.2, 0.25) is 0 Å². The van der Waals surface area contributed by atoms with Crippen LogP contribution < -0.4 is 0 Å². The summed E-state index contributed by atoms with van der Waals surface area (Å²) < 4.78 is 0. The van der Waals surface area contributed by atoms with E-state index in [0.717, 1.165) is 24.9 Å². The van der Waals surface area contributed by atoms with Gasteiger partial charge < -0.3 is 4.90 Å². The van der Waals surface area contributed by atoms with Gasteiger partial charge in [0.25, 0.3) is 5.91 Å². The summed E-state index contributed by atoms with van der Waals surface area (Å²) in [6, 6.07) is 9.86. The Bertz CT molecular complexity index is 476. The SMILES string of the molecule is CC1CCCCN1C(=O)c1cccc(CC#N)c1. The number of amides is 1. The molecule has 18 heavy (non-hydrogen) atoms. The standard InChI is InChI=1S/C15H18N2O/c1-12-5-2-3-10-17(12)15(18)14-7-4-6-13(11-14)8-9-16/h4,6-7,11-12H,2-3,5,8,10H2,1H3. The highest BCUT2D eigenvalue weighted by Crippen LogP contribution is 2.19. The second-order valence-corrected chi connectivity index (χ2v) is 4.88. The van der Waals surface area contributed by atoms with Crippen LogP contribution in [0.25, 0.3) is 0 Å². The van der Waals surface area contributed by atoms with Crippen LogP contribution in [-0.2, 0) is 6.42 Å². The third kappa shape index (κ3) is 2.70. The van der Waals surface area contributed by atoms with Crippen molar-refractivity contribution in [2.24, 2.45) is 0 Å². The summed E-state index contributed by atoms with van der Waals surface area (Å²) in [7, 11) is 0. The lowest BCUT2D eigenvalue weighted by atomic mass is 10.0. The number of benzene rings is 1. The fraction of sp³-hybridized carbons (Fsp3) is 0.467. The molecule has 94 valence electrons. The molecule has 2 rings (SSSR count). The van der Waals surface area contributed by atoms with Crippen LogP contribution in [0, 0.1) is 11.3 Å². The Labute approximate surface area is 108 Å². The van der Waals surface area contributed by atoms with Crippen molar-refractivity contribution in [1.82, 2.24) is 4.90 Å². The maximum Gasteiger partial charge on any atom is 0.254 e. The van der Waals surface area contributed by atoms with Gasteiger partial charge in [0.15, 0.2) is 0 Å². The molecule has 1 aromatic rings. The lowest BCUT2D eigenvalue weighted by Crippen LogP contribution is -2.42. The number of nitriles is 1. The molecule has 1 aromatic carbocycles. The Morgan fingerprint density at radius 1 is 1.50 bits per heavy atom. The van der Waals surface area contributed by atoms with E-state index in [1.165, 1.54) is 6.42 Å². The van der Waals surface area contributed by atoms with Crippen LogP contribution in [-0.4, -0.2) is 23.4 Å². The van der Waals surface area contributed by atoms with Gasteiger partial charge in [-0.3, -0.25) is 4.79 Å². The Morgan fingerprint density at radius 2 is 2.33 bits per heavy atom. The molecule has 3 nitrogen and oxygen atoms in total. The van der Waals surface area contributed by atoms with Crippen LogP contribution >= 0.6 is 0 Å². The number of hydrogen-bond acceptors (Lipinski definition) is 2. The summed E-state index contributed by atoms with van der Waals surface area (Å²) in [6.45, 7) is 2.96. The van der Waals surface area contributed by atoms with Crippen LogP contribution in [0.5, 0.6) is 0 Å². The molecule has 1 unspecified atom stereocenters. The Balaban J connectivity index is 2.17. The van der Waals surface area contributed by atoms with E-state index in [1.807, 2.05) is 29.2 Å². The van der Waals surface area contributed by atoms with Crippen LogP contribution in [0.2, 0.25) is 0 Å². The molecule has 0 N–H and O–H groups in total. The minimum atomic E-state index is 0.0991. The predicted octanol–water partition coefficient (Wildman–Crippen LogP) is 2.77. The maximum atomic E-state index is 12.4. The van der Waals surface area contributed by atoms with Crippen LogP contribution in [0.15, 0.2) is 24.3 Å². The highest BCUT2D eigenvalue weighted by molar-refractivity contribution is 5.94. The summed E-state index contributed by atoms with van der Waals surface area (Å²) in [5.41, 5.74) is 1.62. The fourth-order valence-electron chi connectivity index (χ4n) is 2.47. The highest BCUT2D eigenvalue weighted by Gasteiger charge is 2.24. The van der Waals surface area contributed by atoms with Crippen molar-refractivity contribution in [2.45, 2.75) is 38.6 Å². The van der Waals surface area contributed by atoms with Crippen LogP contribution in [0.1, 0.15) is 42.1 Å². The molecule has 0 aromatic heterocycles. The molecule has 0 aliphatic carbocycles. The van der Waals surface area contributed by atoms with Gasteiger partial charge in [0.1, 0.15) is 0 Å². The number of carbonyl (C=O) groups is 1. The van der Waals surface area contributed by atoms with Crippen molar-refractivity contribution < 1.29 is 4.79 Å². The number of nitrogens with zero attached hydrogens (tertiary/aromatic N) is 2. The van der Waals surface area contributed by atoms with Crippen molar-refractivity contribution in [1.29, 1.82) is 5.26 Å². The zero-order valence-corrected chi connectivity index (χ0v) is 10.7. The summed E-state index contributed by atoms with van der Waals surface area (Å²) in [4.78, 5) is 14.4. The second kappa shape index (κ2) is 5.68. The van der Waals surface area contributed by atoms with Gasteiger partial charge in [-0.2, -0.15) is 5.26 Å². The average Bonchev–Trinajstić information content (AvgIpc) is 2.39. The van der Waals surface area contributed by atoms with E-state index >= 15 is 0 Å². The molecule has 0 radical (unpaired) electrons. The smallest absolute Gasteiger partial charge is 0.254 e. The van der Waals surface area contributed by atoms with Crippen molar-refractivity contribution in [3.8, 4) is 6.07 Å². The summed E-state index contributed by atoms with van der Waals surface area (Å²) in [5.74, 6) is 0.0991. The summed E-state index contributed by atoms with van der Waals surface area (Å²) >= 11 is 0. The number of likely N-dealkylation sites (tertiary alicyclic amines) is 1. The molecular weight excluding hydrogens is 224 g/mol. The van der Waals surface area contributed by atoms with Gasteiger partial charge in [-0.1, -0.05) is 12.1 Å². The van der Waals surface area contributed by atoms with Crippen molar-refractivity contribution in [3.05, 3.63) is 35.4 Å². The number of piperidine rings is 1. The van der Waals surface area contributed by atoms with E-state index in [9.17, 15) is 4.79 Å². The Kier molecular flexibility index (Phi) is 3.99. The van der Waals surface area contributed by atoms with Crippen LogP contribution in [0.3, 0.4) is 0 Å². The normalized spacial score (nSPS) is 19.3. The van der Waals surface area contributed by atoms with E-state index in [-0.39, 0.29) is 5.91 Å². The van der Waals surface area contributed by atoms with Gasteiger partial charge in [0.05, 0.1) is 12.5 Å². The molecular formula is C15H18N2O. The highest BCUT2D eigenvalue weighted by atomic mass is 16.2. The maximum absolute atomic E-state index is 12.4. The van der Waals surface area contributed by atoms with Gasteiger partial charge in [-0.25, -0.2) is 0 Å². The fourth-order valence-corrected chi connectivity index (χ4v) is 2.47. The number of hydrogen-bond donors (Lipinski definition) is 0. The first-order valence-corrected chi connectivity index (χ1v) is 6.49. The third-order valence-corrected chi connectivity index (χ3v) is 3.52. The van der Waals surface area contributed by atoms with Gasteiger partial charge in [-0.15, -0.1) is 0 Å². The molecule has 1 aliphatic heterocycles. The van der Waals surface area contributed by atoms with E-state index in [0.29, 0.717) is 18.0 Å².